The van der Waals surface area contributed by atoms with Crippen molar-refractivity contribution in [3.63, 3.8) is 0 Å². The summed E-state index contributed by atoms with van der Waals surface area (Å²) in [6.45, 7) is 9.47. The Morgan fingerprint density at radius 2 is 1.59 bits per heavy atom. The Labute approximate surface area is 218 Å². The first-order valence-electron chi connectivity index (χ1n) is 12.4. The number of aromatic nitrogens is 1. The molecule has 204 valence electrons. The molecule has 0 fully saturated rings. The standard InChI is InChI=1S/C19H22F4N2O.C8H11N.C2H6/c1-4-11(2)15-9-16(18(26,10-24)19(21,22)23)25-17(12(15)3)13-5-7-14(20)8-6-13;1-9-7-8-5-3-2-4-6-8;1-2/h5-9,11,26H,4,10,24H2,1-3H3;2-6,9H,7H2,1H3;1-2H3. The maximum absolute atomic E-state index is 13.5. The summed E-state index contributed by atoms with van der Waals surface area (Å²) in [5.74, 6) is -0.510. The summed E-state index contributed by atoms with van der Waals surface area (Å²) in [4.78, 5) is 4.09. The summed E-state index contributed by atoms with van der Waals surface area (Å²) >= 11 is 0. The SMILES string of the molecule is CC.CCC(C)c1cc(C(O)(CN)C(F)(F)F)nc(-c2ccc(F)cc2)c1C.CNCc1ccccc1. The van der Waals surface area contributed by atoms with E-state index >= 15 is 0 Å². The van der Waals surface area contributed by atoms with E-state index in [9.17, 15) is 22.7 Å². The van der Waals surface area contributed by atoms with Gasteiger partial charge in [-0.15, -0.1) is 0 Å². The lowest BCUT2D eigenvalue weighted by molar-refractivity contribution is -0.263. The molecule has 2 aromatic carbocycles. The number of nitrogens with zero attached hydrogens (tertiary/aromatic N) is 1. The molecule has 0 spiro atoms. The Morgan fingerprint density at radius 3 is 2.05 bits per heavy atom. The lowest BCUT2D eigenvalue weighted by atomic mass is 9.88. The molecule has 0 aliphatic carbocycles. The fourth-order valence-corrected chi connectivity index (χ4v) is 3.63. The third-order valence-electron chi connectivity index (χ3n) is 5.99. The molecule has 0 aliphatic heterocycles. The van der Waals surface area contributed by atoms with Crippen LogP contribution >= 0.6 is 0 Å². The van der Waals surface area contributed by atoms with Gasteiger partial charge in [0.05, 0.1) is 11.4 Å². The molecule has 2 unspecified atom stereocenters. The number of benzene rings is 2. The van der Waals surface area contributed by atoms with Crippen LogP contribution < -0.4 is 11.1 Å². The van der Waals surface area contributed by atoms with Crippen LogP contribution in [0.4, 0.5) is 17.6 Å². The first-order valence-corrected chi connectivity index (χ1v) is 12.4. The van der Waals surface area contributed by atoms with Crippen molar-refractivity contribution in [2.24, 2.45) is 5.73 Å². The third kappa shape index (κ3) is 8.35. The van der Waals surface area contributed by atoms with Gasteiger partial charge in [-0.3, -0.25) is 0 Å². The Morgan fingerprint density at radius 1 is 1.03 bits per heavy atom. The zero-order chi connectivity index (χ0) is 28.2. The molecule has 0 bridgehead atoms. The monoisotopic (exact) mass is 521 g/mol. The Balaban J connectivity index is 0.000000519. The number of hydrogen-bond donors (Lipinski definition) is 3. The van der Waals surface area contributed by atoms with E-state index in [4.69, 9.17) is 5.73 Å². The number of hydrogen-bond acceptors (Lipinski definition) is 4. The van der Waals surface area contributed by atoms with Crippen molar-refractivity contribution in [1.29, 1.82) is 0 Å². The molecule has 0 saturated heterocycles. The normalized spacial score (nSPS) is 13.4. The Kier molecular flexibility index (Phi) is 12.9. The van der Waals surface area contributed by atoms with Gasteiger partial charge in [-0.05, 0) is 73.3 Å². The van der Waals surface area contributed by atoms with Crippen LogP contribution in [0.15, 0.2) is 60.7 Å². The highest BCUT2D eigenvalue weighted by Crippen LogP contribution is 2.40. The van der Waals surface area contributed by atoms with Crippen molar-refractivity contribution in [2.75, 3.05) is 13.6 Å². The summed E-state index contributed by atoms with van der Waals surface area (Å²) < 4.78 is 53.6. The molecule has 4 N–H and O–H groups in total. The average molecular weight is 522 g/mol. The highest BCUT2D eigenvalue weighted by molar-refractivity contribution is 5.65. The van der Waals surface area contributed by atoms with Crippen LogP contribution in [-0.4, -0.2) is 29.9 Å². The van der Waals surface area contributed by atoms with Crippen LogP contribution in [0.5, 0.6) is 0 Å². The molecule has 37 heavy (non-hydrogen) atoms. The predicted molar refractivity (Wildman–Crippen MR) is 143 cm³/mol. The molecule has 1 heterocycles. The highest BCUT2D eigenvalue weighted by Gasteiger charge is 2.55. The van der Waals surface area contributed by atoms with Crippen molar-refractivity contribution in [3.8, 4) is 11.3 Å². The van der Waals surface area contributed by atoms with E-state index in [0.29, 0.717) is 23.1 Å². The molecule has 1 aromatic heterocycles. The molecule has 0 saturated carbocycles. The van der Waals surface area contributed by atoms with Crippen molar-refractivity contribution in [1.82, 2.24) is 10.3 Å². The number of halogens is 4. The molecule has 0 radical (unpaired) electrons. The molecule has 0 aliphatic rings. The Bertz CT molecular complexity index is 1070. The van der Waals surface area contributed by atoms with E-state index in [-0.39, 0.29) is 11.6 Å². The van der Waals surface area contributed by atoms with Gasteiger partial charge >= 0.3 is 6.18 Å². The van der Waals surface area contributed by atoms with Gasteiger partial charge in [0.15, 0.2) is 0 Å². The molecular formula is C29H39F4N3O. The van der Waals surface area contributed by atoms with Gasteiger partial charge < -0.3 is 16.2 Å². The summed E-state index contributed by atoms with van der Waals surface area (Å²) in [5.41, 5.74) is 4.88. The predicted octanol–water partition coefficient (Wildman–Crippen LogP) is 6.85. The summed E-state index contributed by atoms with van der Waals surface area (Å²) in [7, 11) is 1.95. The fraction of sp³-hybridized carbons (Fsp3) is 0.414. The maximum atomic E-state index is 13.5. The van der Waals surface area contributed by atoms with E-state index in [0.717, 1.165) is 6.54 Å². The summed E-state index contributed by atoms with van der Waals surface area (Å²) in [6, 6.07) is 16.9. The molecular weight excluding hydrogens is 482 g/mol. The number of nitrogens with one attached hydrogen (secondary N) is 1. The average Bonchev–Trinajstić information content (AvgIpc) is 2.90. The van der Waals surface area contributed by atoms with Gasteiger partial charge in [-0.25, -0.2) is 9.37 Å². The maximum Gasteiger partial charge on any atom is 0.424 e. The van der Waals surface area contributed by atoms with Gasteiger partial charge in [-0.1, -0.05) is 58.0 Å². The minimum absolute atomic E-state index is 0.0498. The van der Waals surface area contributed by atoms with Gasteiger partial charge in [0.25, 0.3) is 0 Å². The second-order valence-electron chi connectivity index (χ2n) is 8.46. The number of aliphatic hydroxyl groups is 1. The van der Waals surface area contributed by atoms with Crippen molar-refractivity contribution >= 4 is 0 Å². The zero-order valence-corrected chi connectivity index (χ0v) is 22.5. The van der Waals surface area contributed by atoms with Crippen LogP contribution in [-0.2, 0) is 12.1 Å². The fourth-order valence-electron chi connectivity index (χ4n) is 3.63. The van der Waals surface area contributed by atoms with Crippen LogP contribution in [0.2, 0.25) is 0 Å². The van der Waals surface area contributed by atoms with Crippen LogP contribution in [0, 0.1) is 12.7 Å². The number of rotatable bonds is 7. The van der Waals surface area contributed by atoms with Gasteiger partial charge in [0.2, 0.25) is 5.60 Å². The van der Waals surface area contributed by atoms with E-state index in [1.165, 1.54) is 35.9 Å². The molecule has 4 nitrogen and oxygen atoms in total. The van der Waals surface area contributed by atoms with Crippen molar-refractivity contribution in [2.45, 2.75) is 65.3 Å². The second kappa shape index (κ2) is 14.8. The topological polar surface area (TPSA) is 71.2 Å². The van der Waals surface area contributed by atoms with Gasteiger partial charge in [0, 0.05) is 18.7 Å². The lowest BCUT2D eigenvalue weighted by Gasteiger charge is -2.30. The first kappa shape index (κ1) is 32.2. The third-order valence-corrected chi connectivity index (χ3v) is 5.99. The largest absolute Gasteiger partial charge is 0.424 e. The van der Waals surface area contributed by atoms with E-state index in [1.54, 1.807) is 6.92 Å². The smallest absolute Gasteiger partial charge is 0.374 e. The molecule has 3 rings (SSSR count). The lowest BCUT2D eigenvalue weighted by Crippen LogP contribution is -2.49. The van der Waals surface area contributed by atoms with Crippen molar-refractivity contribution in [3.05, 3.63) is 88.9 Å². The minimum Gasteiger partial charge on any atom is -0.374 e. The van der Waals surface area contributed by atoms with Crippen LogP contribution in [0.25, 0.3) is 11.3 Å². The summed E-state index contributed by atoms with van der Waals surface area (Å²) in [5, 5.41) is 13.3. The van der Waals surface area contributed by atoms with Gasteiger partial charge in [-0.2, -0.15) is 13.2 Å². The number of alkyl halides is 3. The van der Waals surface area contributed by atoms with Crippen LogP contribution in [0.3, 0.4) is 0 Å². The second-order valence-corrected chi connectivity index (χ2v) is 8.46. The zero-order valence-electron chi connectivity index (χ0n) is 22.5. The summed E-state index contributed by atoms with van der Waals surface area (Å²) in [6.07, 6.45) is -4.28. The minimum atomic E-state index is -4.98. The van der Waals surface area contributed by atoms with Crippen molar-refractivity contribution < 1.29 is 22.7 Å². The van der Waals surface area contributed by atoms with Crippen LogP contribution in [0.1, 0.15) is 62.4 Å². The first-order chi connectivity index (χ1) is 17.5. The molecule has 0 amide bonds. The Hall–Kier alpha value is -2.81. The quantitative estimate of drug-likeness (QED) is 0.297. The number of pyridine rings is 1. The van der Waals surface area contributed by atoms with Gasteiger partial charge in [0.1, 0.15) is 5.82 Å². The van der Waals surface area contributed by atoms with E-state index in [1.807, 2.05) is 52.9 Å². The molecule has 3 aromatic rings. The van der Waals surface area contributed by atoms with E-state index in [2.05, 4.69) is 22.4 Å². The highest BCUT2D eigenvalue weighted by atomic mass is 19.4. The number of nitrogens with two attached hydrogens (primary N) is 1. The van der Waals surface area contributed by atoms with E-state index < -0.39 is 29.8 Å². The molecule has 8 heteroatoms. The molecule has 2 atom stereocenters.